The van der Waals surface area contributed by atoms with Crippen LogP contribution in [0.2, 0.25) is 0 Å². The van der Waals surface area contributed by atoms with E-state index in [1.807, 2.05) is 44.2 Å². The Balaban J connectivity index is 2.25. The van der Waals surface area contributed by atoms with Crippen molar-refractivity contribution in [3.63, 3.8) is 0 Å². The van der Waals surface area contributed by atoms with E-state index in [0.29, 0.717) is 12.5 Å². The van der Waals surface area contributed by atoms with Crippen LogP contribution in [0.4, 0.5) is 17.6 Å². The summed E-state index contributed by atoms with van der Waals surface area (Å²) < 4.78 is 52.4. The van der Waals surface area contributed by atoms with E-state index in [0.717, 1.165) is 17.7 Å². The lowest BCUT2D eigenvalue weighted by atomic mass is 9.95. The van der Waals surface area contributed by atoms with Gasteiger partial charge in [0.15, 0.2) is 0 Å². The van der Waals surface area contributed by atoms with Gasteiger partial charge in [0.2, 0.25) is 0 Å². The Labute approximate surface area is 143 Å². The third kappa shape index (κ3) is 5.05. The molecule has 1 amide bonds. The van der Waals surface area contributed by atoms with Crippen molar-refractivity contribution in [1.82, 2.24) is 5.32 Å². The van der Waals surface area contributed by atoms with Crippen molar-refractivity contribution >= 4 is 5.91 Å². The first-order valence-electron chi connectivity index (χ1n) is 7.90. The van der Waals surface area contributed by atoms with Gasteiger partial charge in [0, 0.05) is 6.04 Å². The molecule has 2 nitrogen and oxygen atoms in total. The van der Waals surface area contributed by atoms with E-state index in [2.05, 4.69) is 5.32 Å². The molecule has 0 spiro atoms. The molecule has 0 aliphatic rings. The fraction of sp³-hybridized carbons (Fsp3) is 0.316. The van der Waals surface area contributed by atoms with Gasteiger partial charge in [-0.3, -0.25) is 4.79 Å². The molecule has 2 rings (SSSR count). The number of alkyl halides is 3. The summed E-state index contributed by atoms with van der Waals surface area (Å²) in [5.41, 5.74) is -0.878. The van der Waals surface area contributed by atoms with Crippen molar-refractivity contribution < 1.29 is 22.4 Å². The third-order valence-electron chi connectivity index (χ3n) is 3.95. The van der Waals surface area contributed by atoms with Gasteiger partial charge in [0.25, 0.3) is 5.91 Å². The molecule has 0 radical (unpaired) electrons. The number of hydrogen-bond donors (Lipinski definition) is 1. The molecule has 0 aromatic heterocycles. The summed E-state index contributed by atoms with van der Waals surface area (Å²) in [5, 5.41) is 2.65. The number of amides is 1. The maximum atomic E-state index is 13.2. The van der Waals surface area contributed by atoms with E-state index in [1.165, 1.54) is 0 Å². The Morgan fingerprint density at radius 3 is 2.28 bits per heavy atom. The van der Waals surface area contributed by atoms with Crippen molar-refractivity contribution in [3.05, 3.63) is 71.0 Å². The minimum absolute atomic E-state index is 0.0129. The zero-order valence-corrected chi connectivity index (χ0v) is 13.9. The highest BCUT2D eigenvalue weighted by molar-refractivity contribution is 5.96. The highest BCUT2D eigenvalue weighted by Gasteiger charge is 2.36. The maximum absolute atomic E-state index is 13.2. The smallest absolute Gasteiger partial charge is 0.349 e. The Morgan fingerprint density at radius 1 is 1.08 bits per heavy atom. The average Bonchev–Trinajstić information content (AvgIpc) is 2.54. The van der Waals surface area contributed by atoms with Crippen LogP contribution < -0.4 is 5.32 Å². The minimum Gasteiger partial charge on any atom is -0.349 e. The van der Waals surface area contributed by atoms with Crippen LogP contribution in [0.15, 0.2) is 48.5 Å². The number of carbonyl (C=O) groups excluding carboxylic acids is 1. The van der Waals surface area contributed by atoms with Crippen LogP contribution in [0, 0.1) is 11.7 Å². The lowest BCUT2D eigenvalue weighted by Gasteiger charge is -2.23. The van der Waals surface area contributed by atoms with Gasteiger partial charge in [0.05, 0.1) is 11.1 Å². The number of halogens is 4. The topological polar surface area (TPSA) is 29.1 Å². The lowest BCUT2D eigenvalue weighted by Crippen LogP contribution is -2.40. The van der Waals surface area contributed by atoms with E-state index in [-0.39, 0.29) is 12.0 Å². The second-order valence-corrected chi connectivity index (χ2v) is 6.20. The van der Waals surface area contributed by atoms with E-state index in [9.17, 15) is 22.4 Å². The third-order valence-corrected chi connectivity index (χ3v) is 3.95. The van der Waals surface area contributed by atoms with E-state index >= 15 is 0 Å². The molecular weight excluding hydrogens is 334 g/mol. The van der Waals surface area contributed by atoms with Gasteiger partial charge in [-0.25, -0.2) is 4.39 Å². The minimum atomic E-state index is -4.80. The van der Waals surface area contributed by atoms with E-state index in [1.54, 1.807) is 0 Å². The monoisotopic (exact) mass is 353 g/mol. The summed E-state index contributed by atoms with van der Waals surface area (Å²) in [7, 11) is 0. The van der Waals surface area contributed by atoms with Gasteiger partial charge in [-0.05, 0) is 36.1 Å². The van der Waals surface area contributed by atoms with Crippen LogP contribution in [-0.2, 0) is 12.6 Å². The number of rotatable bonds is 5. The zero-order valence-electron chi connectivity index (χ0n) is 13.9. The van der Waals surface area contributed by atoms with Gasteiger partial charge in [0.1, 0.15) is 5.82 Å². The molecule has 1 atom stereocenters. The second-order valence-electron chi connectivity index (χ2n) is 6.20. The van der Waals surface area contributed by atoms with Gasteiger partial charge >= 0.3 is 6.18 Å². The highest BCUT2D eigenvalue weighted by atomic mass is 19.4. The van der Waals surface area contributed by atoms with Crippen LogP contribution in [0.25, 0.3) is 0 Å². The Kier molecular flexibility index (Phi) is 5.82. The standard InChI is InChI=1S/C19H19F4NO/c1-12(2)17(10-13-6-4-3-5-7-13)24-18(25)15-9-8-14(20)11-16(15)19(21,22)23/h3-9,11-12,17H,10H2,1-2H3,(H,24,25)/t17-/m1/s1. The summed E-state index contributed by atoms with van der Waals surface area (Å²) in [6.45, 7) is 3.76. The molecule has 0 unspecified atom stereocenters. The van der Waals surface area contributed by atoms with Crippen LogP contribution in [0.3, 0.4) is 0 Å². The zero-order chi connectivity index (χ0) is 18.6. The molecule has 0 heterocycles. The molecule has 0 fully saturated rings. The van der Waals surface area contributed by atoms with E-state index in [4.69, 9.17) is 0 Å². The predicted octanol–water partition coefficient (Wildman–Crippen LogP) is 4.84. The predicted molar refractivity (Wildman–Crippen MR) is 87.6 cm³/mol. The molecule has 0 aliphatic heterocycles. The van der Waals surface area contributed by atoms with Crippen molar-refractivity contribution in [3.8, 4) is 0 Å². The Morgan fingerprint density at radius 2 is 1.72 bits per heavy atom. The number of nitrogens with one attached hydrogen (secondary N) is 1. The fourth-order valence-electron chi connectivity index (χ4n) is 2.52. The average molecular weight is 353 g/mol. The Hall–Kier alpha value is -2.37. The first kappa shape index (κ1) is 19.0. The fourth-order valence-corrected chi connectivity index (χ4v) is 2.52. The normalized spacial score (nSPS) is 12.9. The van der Waals surface area contributed by atoms with Crippen molar-refractivity contribution in [2.24, 2.45) is 5.92 Å². The van der Waals surface area contributed by atoms with Crippen LogP contribution in [0.1, 0.15) is 35.3 Å². The lowest BCUT2D eigenvalue weighted by molar-refractivity contribution is -0.138. The molecule has 25 heavy (non-hydrogen) atoms. The van der Waals surface area contributed by atoms with Gasteiger partial charge < -0.3 is 5.32 Å². The summed E-state index contributed by atoms with van der Waals surface area (Å²) in [6.07, 6.45) is -4.31. The molecule has 0 aliphatic carbocycles. The highest BCUT2D eigenvalue weighted by Crippen LogP contribution is 2.32. The number of benzene rings is 2. The second kappa shape index (κ2) is 7.68. The van der Waals surface area contributed by atoms with Crippen LogP contribution in [-0.4, -0.2) is 11.9 Å². The quantitative estimate of drug-likeness (QED) is 0.766. The molecule has 6 heteroatoms. The van der Waals surface area contributed by atoms with Crippen molar-refractivity contribution in [2.45, 2.75) is 32.5 Å². The maximum Gasteiger partial charge on any atom is 0.417 e. The Bertz CT molecular complexity index is 726. The first-order valence-corrected chi connectivity index (χ1v) is 7.90. The molecule has 0 bridgehead atoms. The molecule has 0 saturated heterocycles. The van der Waals surface area contributed by atoms with E-state index < -0.39 is 29.0 Å². The first-order chi connectivity index (χ1) is 11.7. The molecule has 1 N–H and O–H groups in total. The molecular formula is C19H19F4NO. The molecule has 2 aromatic rings. The number of carbonyl (C=O) groups is 1. The van der Waals surface area contributed by atoms with Gasteiger partial charge in [-0.1, -0.05) is 44.2 Å². The summed E-state index contributed by atoms with van der Waals surface area (Å²) in [5.74, 6) is -1.88. The van der Waals surface area contributed by atoms with Gasteiger partial charge in [-0.2, -0.15) is 13.2 Å². The summed E-state index contributed by atoms with van der Waals surface area (Å²) in [6, 6.07) is 11.1. The van der Waals surface area contributed by atoms with Crippen molar-refractivity contribution in [2.75, 3.05) is 0 Å². The van der Waals surface area contributed by atoms with Crippen LogP contribution in [0.5, 0.6) is 0 Å². The largest absolute Gasteiger partial charge is 0.417 e. The molecule has 0 saturated carbocycles. The molecule has 2 aromatic carbocycles. The van der Waals surface area contributed by atoms with Crippen molar-refractivity contribution in [1.29, 1.82) is 0 Å². The van der Waals surface area contributed by atoms with Crippen LogP contribution >= 0.6 is 0 Å². The summed E-state index contributed by atoms with van der Waals surface area (Å²) in [4.78, 5) is 12.4. The number of hydrogen-bond acceptors (Lipinski definition) is 1. The summed E-state index contributed by atoms with van der Waals surface area (Å²) >= 11 is 0. The SMILES string of the molecule is CC(C)[C@@H](Cc1ccccc1)NC(=O)c1ccc(F)cc1C(F)(F)F. The van der Waals surface area contributed by atoms with Gasteiger partial charge in [-0.15, -0.1) is 0 Å². The molecule has 134 valence electrons.